The third kappa shape index (κ3) is 5.60. The lowest BCUT2D eigenvalue weighted by Gasteiger charge is -2.39. The zero-order valence-electron chi connectivity index (χ0n) is 16.6. The molecule has 0 bridgehead atoms. The highest BCUT2D eigenvalue weighted by atomic mass is 32.2. The van der Waals surface area contributed by atoms with E-state index in [1.165, 1.54) is 34.7 Å². The van der Waals surface area contributed by atoms with Crippen molar-refractivity contribution in [1.29, 1.82) is 0 Å². The number of amides is 2. The van der Waals surface area contributed by atoms with Crippen LogP contribution in [0.5, 0.6) is 0 Å². The van der Waals surface area contributed by atoms with Crippen molar-refractivity contribution >= 4 is 35.2 Å². The molecule has 2 saturated heterocycles. The van der Waals surface area contributed by atoms with E-state index in [1.54, 1.807) is 11.3 Å². The average Bonchev–Trinajstić information content (AvgIpc) is 3.32. The smallest absolute Gasteiger partial charge is 0.330 e. The van der Waals surface area contributed by atoms with Gasteiger partial charge in [0.25, 0.3) is 0 Å². The number of nitrogens with one attached hydrogen (secondary N) is 2. The highest BCUT2D eigenvalue weighted by Gasteiger charge is 2.32. The van der Waals surface area contributed by atoms with E-state index in [0.717, 1.165) is 51.3 Å². The molecule has 27 heavy (non-hydrogen) atoms. The molecular formula is C19H32N4O2S2. The SMILES string of the molecule is CCc1cc(NC(=O)NSN(C2CCOC2)C2CCCN(C)C2)c(CC)s1. The lowest BCUT2D eigenvalue weighted by molar-refractivity contribution is 0.134. The van der Waals surface area contributed by atoms with E-state index < -0.39 is 0 Å². The van der Waals surface area contributed by atoms with Crippen molar-refractivity contribution in [2.75, 3.05) is 38.7 Å². The fraction of sp³-hybridized carbons (Fsp3) is 0.737. The first kappa shape index (κ1) is 20.9. The van der Waals surface area contributed by atoms with Crippen LogP contribution < -0.4 is 10.0 Å². The molecule has 152 valence electrons. The van der Waals surface area contributed by atoms with Gasteiger partial charge >= 0.3 is 6.03 Å². The number of urea groups is 1. The van der Waals surface area contributed by atoms with Crippen molar-refractivity contribution in [3.63, 3.8) is 0 Å². The fourth-order valence-corrected chi connectivity index (χ4v) is 5.66. The number of hydrogen-bond acceptors (Lipinski definition) is 6. The number of thiophene rings is 1. The van der Waals surface area contributed by atoms with Gasteiger partial charge in [-0.3, -0.25) is 4.72 Å². The van der Waals surface area contributed by atoms with Gasteiger partial charge in [0.2, 0.25) is 0 Å². The van der Waals surface area contributed by atoms with E-state index in [9.17, 15) is 4.79 Å². The topological polar surface area (TPSA) is 56.8 Å². The Labute approximate surface area is 171 Å². The second kappa shape index (κ2) is 10.1. The molecular weight excluding hydrogens is 380 g/mol. The van der Waals surface area contributed by atoms with Gasteiger partial charge in [0.05, 0.1) is 12.3 Å². The molecule has 2 aliphatic rings. The van der Waals surface area contributed by atoms with Gasteiger partial charge in [-0.25, -0.2) is 9.10 Å². The van der Waals surface area contributed by atoms with E-state index >= 15 is 0 Å². The van der Waals surface area contributed by atoms with Crippen molar-refractivity contribution in [2.45, 2.75) is 58.0 Å². The third-order valence-electron chi connectivity index (χ3n) is 5.25. The van der Waals surface area contributed by atoms with Crippen LogP contribution in [-0.4, -0.2) is 60.7 Å². The van der Waals surface area contributed by atoms with Crippen LogP contribution in [0.15, 0.2) is 6.07 Å². The molecule has 0 saturated carbocycles. The van der Waals surface area contributed by atoms with Crippen molar-refractivity contribution in [1.82, 2.24) is 13.9 Å². The second-order valence-corrected chi connectivity index (χ2v) is 9.37. The molecule has 1 aromatic rings. The second-order valence-electron chi connectivity index (χ2n) is 7.34. The molecule has 2 aliphatic heterocycles. The standard InChI is InChI=1S/C19H32N4O2S2/c1-4-16-11-17(18(5-2)26-16)20-19(24)21-27-23(15-8-10-25-13-15)14-7-6-9-22(3)12-14/h11,14-15H,4-10,12-13H2,1-3H3,(H2,20,21,24). The van der Waals surface area contributed by atoms with Crippen LogP contribution >= 0.6 is 23.5 Å². The Balaban J connectivity index is 1.59. The van der Waals surface area contributed by atoms with Gasteiger partial charge < -0.3 is 15.0 Å². The predicted molar refractivity (Wildman–Crippen MR) is 114 cm³/mol. The molecule has 8 heteroatoms. The highest BCUT2D eigenvalue weighted by Crippen LogP contribution is 2.29. The van der Waals surface area contributed by atoms with Crippen molar-refractivity contribution in [3.05, 3.63) is 15.8 Å². The normalized spacial score (nSPS) is 23.7. The van der Waals surface area contributed by atoms with Gasteiger partial charge in [-0.1, -0.05) is 13.8 Å². The van der Waals surface area contributed by atoms with Gasteiger partial charge in [0.15, 0.2) is 0 Å². The van der Waals surface area contributed by atoms with Gasteiger partial charge in [0, 0.05) is 47.1 Å². The molecule has 2 N–H and O–H groups in total. The molecule has 2 unspecified atom stereocenters. The first-order valence-electron chi connectivity index (χ1n) is 10.0. The largest absolute Gasteiger partial charge is 0.380 e. The summed E-state index contributed by atoms with van der Waals surface area (Å²) < 4.78 is 11.0. The number of ether oxygens (including phenoxy) is 1. The summed E-state index contributed by atoms with van der Waals surface area (Å²) in [5.41, 5.74) is 0.950. The minimum absolute atomic E-state index is 0.150. The minimum Gasteiger partial charge on any atom is -0.380 e. The van der Waals surface area contributed by atoms with Crippen LogP contribution in [0.1, 0.15) is 42.9 Å². The lowest BCUT2D eigenvalue weighted by atomic mass is 10.0. The molecule has 3 heterocycles. The third-order valence-corrected chi connectivity index (χ3v) is 7.75. The molecule has 0 aromatic carbocycles. The Morgan fingerprint density at radius 1 is 1.37 bits per heavy atom. The molecule has 0 radical (unpaired) electrons. The Hall–Kier alpha value is -0.800. The van der Waals surface area contributed by atoms with E-state index in [-0.39, 0.29) is 6.03 Å². The quantitative estimate of drug-likeness (QED) is 0.668. The molecule has 2 amide bonds. The molecule has 0 aliphatic carbocycles. The molecule has 3 rings (SSSR count). The predicted octanol–water partition coefficient (Wildman–Crippen LogP) is 3.74. The number of likely N-dealkylation sites (tertiary alicyclic amines) is 1. The van der Waals surface area contributed by atoms with Crippen molar-refractivity contribution < 1.29 is 9.53 Å². The maximum Gasteiger partial charge on any atom is 0.330 e. The number of piperidine rings is 1. The van der Waals surface area contributed by atoms with Crippen molar-refractivity contribution in [2.24, 2.45) is 0 Å². The maximum absolute atomic E-state index is 12.5. The molecule has 2 fully saturated rings. The molecule has 0 spiro atoms. The number of anilines is 1. The van der Waals surface area contributed by atoms with Gasteiger partial charge in [-0.2, -0.15) is 0 Å². The summed E-state index contributed by atoms with van der Waals surface area (Å²) in [4.78, 5) is 17.5. The summed E-state index contributed by atoms with van der Waals surface area (Å²) in [7, 11) is 2.18. The Kier molecular flexibility index (Phi) is 7.84. The van der Waals surface area contributed by atoms with E-state index in [1.807, 2.05) is 0 Å². The van der Waals surface area contributed by atoms with Crippen LogP contribution in [0, 0.1) is 0 Å². The summed E-state index contributed by atoms with van der Waals surface area (Å²) in [6.45, 7) is 8.03. The first-order valence-corrected chi connectivity index (χ1v) is 11.6. The van der Waals surface area contributed by atoms with Gasteiger partial charge in [-0.15, -0.1) is 11.3 Å². The van der Waals surface area contributed by atoms with E-state index in [0.29, 0.717) is 12.1 Å². The van der Waals surface area contributed by atoms with Crippen LogP contribution in [0.25, 0.3) is 0 Å². The monoisotopic (exact) mass is 412 g/mol. The summed E-state index contributed by atoms with van der Waals surface area (Å²) in [5.74, 6) is 0. The number of rotatable bonds is 7. The van der Waals surface area contributed by atoms with Crippen LogP contribution in [0.4, 0.5) is 10.5 Å². The highest BCUT2D eigenvalue weighted by molar-refractivity contribution is 7.95. The number of carbonyl (C=O) groups excluding carboxylic acids is 1. The number of likely N-dealkylation sites (N-methyl/N-ethyl adjacent to an activating group) is 1. The number of hydrogen-bond donors (Lipinski definition) is 2. The van der Waals surface area contributed by atoms with E-state index in [4.69, 9.17) is 4.74 Å². The zero-order chi connectivity index (χ0) is 19.2. The Morgan fingerprint density at radius 3 is 2.89 bits per heavy atom. The van der Waals surface area contributed by atoms with E-state index in [2.05, 4.69) is 46.2 Å². The Bertz CT molecular complexity index is 619. The Morgan fingerprint density at radius 2 is 2.22 bits per heavy atom. The number of carbonyl (C=O) groups is 1. The lowest BCUT2D eigenvalue weighted by Crippen LogP contribution is -2.49. The number of nitrogens with zero attached hydrogens (tertiary/aromatic N) is 2. The van der Waals surface area contributed by atoms with Crippen LogP contribution in [0.3, 0.4) is 0 Å². The van der Waals surface area contributed by atoms with Gasteiger partial charge in [-0.05, 0) is 51.8 Å². The summed E-state index contributed by atoms with van der Waals surface area (Å²) in [6, 6.07) is 2.76. The molecule has 6 nitrogen and oxygen atoms in total. The molecule has 1 aromatic heterocycles. The van der Waals surface area contributed by atoms with Crippen LogP contribution in [-0.2, 0) is 17.6 Å². The maximum atomic E-state index is 12.5. The van der Waals surface area contributed by atoms with Crippen molar-refractivity contribution in [3.8, 4) is 0 Å². The summed E-state index contributed by atoms with van der Waals surface area (Å²) in [6.07, 6.45) is 5.34. The van der Waals surface area contributed by atoms with Crippen LogP contribution in [0.2, 0.25) is 0 Å². The average molecular weight is 413 g/mol. The minimum atomic E-state index is -0.150. The summed E-state index contributed by atoms with van der Waals surface area (Å²) in [5, 5.41) is 3.05. The zero-order valence-corrected chi connectivity index (χ0v) is 18.3. The fourth-order valence-electron chi connectivity index (χ4n) is 3.79. The molecule has 2 atom stereocenters. The van der Waals surface area contributed by atoms with Gasteiger partial charge in [0.1, 0.15) is 0 Å². The number of aryl methyl sites for hydroxylation is 2. The first-order chi connectivity index (χ1) is 13.1. The summed E-state index contributed by atoms with van der Waals surface area (Å²) >= 11 is 3.24.